The number of ether oxygens (including phenoxy) is 1. The summed E-state index contributed by atoms with van der Waals surface area (Å²) in [7, 11) is 0. The van der Waals surface area contributed by atoms with Crippen LogP contribution in [-0.4, -0.2) is 19.1 Å². The molecule has 0 unspecified atom stereocenters. The Morgan fingerprint density at radius 1 is 1.25 bits per heavy atom. The number of nitrogens with zero attached hydrogens (tertiary/aromatic N) is 1. The second-order valence-corrected chi connectivity index (χ2v) is 5.82. The first kappa shape index (κ1) is 16.3. The smallest absolute Gasteiger partial charge is 0.258 e. The Hall–Kier alpha value is -2.52. The number of hydrogen-bond acceptors (Lipinski definition) is 2. The van der Waals surface area contributed by atoms with Crippen molar-refractivity contribution in [1.29, 1.82) is 0 Å². The van der Waals surface area contributed by atoms with Crippen molar-refractivity contribution in [3.63, 3.8) is 0 Å². The van der Waals surface area contributed by atoms with Crippen molar-refractivity contribution in [2.24, 2.45) is 0 Å². The van der Waals surface area contributed by atoms with Gasteiger partial charge in [0.05, 0.1) is 10.7 Å². The average molecular weight is 340 g/mol. The van der Waals surface area contributed by atoms with Crippen LogP contribution in [0.4, 0.5) is 5.69 Å². The Labute approximate surface area is 146 Å². The third-order valence-electron chi connectivity index (χ3n) is 3.90. The number of amides is 1. The van der Waals surface area contributed by atoms with E-state index in [1.54, 1.807) is 23.1 Å². The number of carbonyl (C=O) groups excluding carboxylic acids is 1. The molecule has 1 amide bonds. The molecule has 4 heteroatoms. The minimum Gasteiger partial charge on any atom is -0.488 e. The molecule has 3 rings (SSSR count). The van der Waals surface area contributed by atoms with Gasteiger partial charge >= 0.3 is 0 Å². The molecule has 0 fully saturated rings. The SMILES string of the molecule is C=CCOc1ccc(/C=C2\C(=O)N(CC)c3ccccc32)cc1Cl. The van der Waals surface area contributed by atoms with E-state index in [0.717, 1.165) is 16.8 Å². The molecule has 0 atom stereocenters. The van der Waals surface area contributed by atoms with Crippen molar-refractivity contribution in [3.8, 4) is 5.75 Å². The van der Waals surface area contributed by atoms with Gasteiger partial charge in [0.1, 0.15) is 12.4 Å². The van der Waals surface area contributed by atoms with Crippen LogP contribution in [0.1, 0.15) is 18.1 Å². The van der Waals surface area contributed by atoms with Crippen molar-refractivity contribution in [2.75, 3.05) is 18.1 Å². The molecular weight excluding hydrogens is 322 g/mol. The summed E-state index contributed by atoms with van der Waals surface area (Å²) < 4.78 is 5.48. The van der Waals surface area contributed by atoms with E-state index in [4.69, 9.17) is 16.3 Å². The molecule has 2 aromatic carbocycles. The van der Waals surface area contributed by atoms with Gasteiger partial charge < -0.3 is 9.64 Å². The highest BCUT2D eigenvalue weighted by Crippen LogP contribution is 2.38. The molecule has 1 aliphatic rings. The van der Waals surface area contributed by atoms with Crippen LogP contribution in [0.5, 0.6) is 5.75 Å². The number of benzene rings is 2. The van der Waals surface area contributed by atoms with Gasteiger partial charge in [-0.25, -0.2) is 0 Å². The normalized spacial score (nSPS) is 14.8. The van der Waals surface area contributed by atoms with Crippen LogP contribution in [-0.2, 0) is 4.79 Å². The van der Waals surface area contributed by atoms with Crippen LogP contribution in [0.3, 0.4) is 0 Å². The second-order valence-electron chi connectivity index (χ2n) is 5.41. The Morgan fingerprint density at radius 2 is 2.04 bits per heavy atom. The summed E-state index contributed by atoms with van der Waals surface area (Å²) in [4.78, 5) is 14.5. The minimum atomic E-state index is 0.0156. The highest BCUT2D eigenvalue weighted by Gasteiger charge is 2.30. The van der Waals surface area contributed by atoms with Gasteiger partial charge in [-0.15, -0.1) is 0 Å². The van der Waals surface area contributed by atoms with Crippen molar-refractivity contribution >= 4 is 34.8 Å². The Morgan fingerprint density at radius 3 is 2.75 bits per heavy atom. The van der Waals surface area contributed by atoms with E-state index in [9.17, 15) is 4.79 Å². The van der Waals surface area contributed by atoms with Crippen LogP contribution in [0.15, 0.2) is 55.1 Å². The number of carbonyl (C=O) groups is 1. The molecule has 0 aliphatic carbocycles. The van der Waals surface area contributed by atoms with Crippen LogP contribution in [0.25, 0.3) is 11.6 Å². The molecule has 0 N–H and O–H groups in total. The fraction of sp³-hybridized carbons (Fsp3) is 0.150. The number of para-hydroxylation sites is 1. The highest BCUT2D eigenvalue weighted by molar-refractivity contribution is 6.36. The maximum absolute atomic E-state index is 12.7. The van der Waals surface area contributed by atoms with Crippen LogP contribution in [0.2, 0.25) is 5.02 Å². The number of likely N-dealkylation sites (N-methyl/N-ethyl adjacent to an activating group) is 1. The van der Waals surface area contributed by atoms with Crippen LogP contribution in [0, 0.1) is 0 Å². The molecule has 0 bridgehead atoms. The summed E-state index contributed by atoms with van der Waals surface area (Å²) in [5, 5.41) is 0.511. The number of anilines is 1. The van der Waals surface area contributed by atoms with Crippen LogP contribution < -0.4 is 9.64 Å². The van der Waals surface area contributed by atoms with Crippen molar-refractivity contribution in [3.05, 3.63) is 71.3 Å². The van der Waals surface area contributed by atoms with E-state index in [0.29, 0.717) is 29.5 Å². The third kappa shape index (κ3) is 2.95. The molecule has 24 heavy (non-hydrogen) atoms. The molecule has 0 saturated carbocycles. The molecule has 0 aromatic heterocycles. The predicted molar refractivity (Wildman–Crippen MR) is 99.5 cm³/mol. The summed E-state index contributed by atoms with van der Waals surface area (Å²) in [6, 6.07) is 13.3. The molecule has 3 nitrogen and oxygen atoms in total. The number of fused-ring (bicyclic) bond motifs is 1. The lowest BCUT2D eigenvalue weighted by Crippen LogP contribution is -2.25. The molecule has 0 spiro atoms. The second kappa shape index (κ2) is 6.93. The Kier molecular flexibility index (Phi) is 4.72. The maximum atomic E-state index is 12.7. The largest absolute Gasteiger partial charge is 0.488 e. The molecule has 122 valence electrons. The Bertz CT molecular complexity index is 826. The van der Waals surface area contributed by atoms with Gasteiger partial charge in [-0.2, -0.15) is 0 Å². The van der Waals surface area contributed by atoms with Gasteiger partial charge in [0.25, 0.3) is 5.91 Å². The van der Waals surface area contributed by atoms with Crippen molar-refractivity contribution in [2.45, 2.75) is 6.92 Å². The van der Waals surface area contributed by atoms with E-state index in [1.165, 1.54) is 0 Å². The fourth-order valence-electron chi connectivity index (χ4n) is 2.80. The summed E-state index contributed by atoms with van der Waals surface area (Å²) in [5.41, 5.74) is 3.45. The minimum absolute atomic E-state index is 0.0156. The quantitative estimate of drug-likeness (QED) is 0.577. The Balaban J connectivity index is 1.98. The monoisotopic (exact) mass is 339 g/mol. The van der Waals surface area contributed by atoms with E-state index in [-0.39, 0.29) is 5.91 Å². The first-order valence-electron chi connectivity index (χ1n) is 7.82. The van der Waals surface area contributed by atoms with Gasteiger partial charge in [-0.1, -0.05) is 48.5 Å². The van der Waals surface area contributed by atoms with Gasteiger partial charge in [0.15, 0.2) is 0 Å². The van der Waals surface area contributed by atoms with Gasteiger partial charge in [0, 0.05) is 17.7 Å². The zero-order valence-electron chi connectivity index (χ0n) is 13.5. The molecular formula is C20H18ClNO2. The summed E-state index contributed by atoms with van der Waals surface area (Å²) in [6.07, 6.45) is 3.54. The topological polar surface area (TPSA) is 29.5 Å². The average Bonchev–Trinajstić information content (AvgIpc) is 2.86. The van der Waals surface area contributed by atoms with Crippen molar-refractivity contribution < 1.29 is 9.53 Å². The predicted octanol–water partition coefficient (Wildman–Crippen LogP) is 4.81. The van der Waals surface area contributed by atoms with E-state index in [2.05, 4.69) is 6.58 Å². The standard InChI is InChI=1S/C20H18ClNO2/c1-3-11-24-19-10-9-14(13-17(19)21)12-16-15-7-5-6-8-18(15)22(4-2)20(16)23/h3,5-10,12-13H,1,4,11H2,2H3/b16-12-. The first-order valence-corrected chi connectivity index (χ1v) is 8.19. The molecule has 2 aromatic rings. The zero-order chi connectivity index (χ0) is 17.1. The number of halogens is 1. The van der Waals surface area contributed by atoms with Gasteiger partial charge in [-0.3, -0.25) is 4.79 Å². The summed E-state index contributed by atoms with van der Waals surface area (Å²) in [5.74, 6) is 0.619. The molecule has 1 aliphatic heterocycles. The fourth-order valence-corrected chi connectivity index (χ4v) is 3.04. The van der Waals surface area contributed by atoms with E-state index in [1.807, 2.05) is 43.3 Å². The zero-order valence-corrected chi connectivity index (χ0v) is 14.2. The lowest BCUT2D eigenvalue weighted by Gasteiger charge is -2.13. The summed E-state index contributed by atoms with van der Waals surface area (Å²) in [6.45, 7) is 6.63. The maximum Gasteiger partial charge on any atom is 0.258 e. The van der Waals surface area contributed by atoms with Gasteiger partial charge in [-0.05, 0) is 36.8 Å². The highest BCUT2D eigenvalue weighted by atomic mass is 35.5. The number of hydrogen-bond donors (Lipinski definition) is 0. The number of rotatable bonds is 5. The van der Waals surface area contributed by atoms with Crippen molar-refractivity contribution in [1.82, 2.24) is 0 Å². The van der Waals surface area contributed by atoms with E-state index >= 15 is 0 Å². The first-order chi connectivity index (χ1) is 11.7. The lowest BCUT2D eigenvalue weighted by molar-refractivity contribution is -0.112. The molecule has 0 radical (unpaired) electrons. The van der Waals surface area contributed by atoms with Gasteiger partial charge in [0.2, 0.25) is 0 Å². The lowest BCUT2D eigenvalue weighted by atomic mass is 10.0. The van der Waals surface area contributed by atoms with Crippen LogP contribution >= 0.6 is 11.6 Å². The van der Waals surface area contributed by atoms with E-state index < -0.39 is 0 Å². The molecule has 0 saturated heterocycles. The summed E-state index contributed by atoms with van der Waals surface area (Å²) >= 11 is 6.26. The molecule has 1 heterocycles. The third-order valence-corrected chi connectivity index (χ3v) is 4.20.